The van der Waals surface area contributed by atoms with Gasteiger partial charge in [0.15, 0.2) is 0 Å². The summed E-state index contributed by atoms with van der Waals surface area (Å²) < 4.78 is 5.18. The van der Waals surface area contributed by atoms with Gasteiger partial charge in [0.05, 0.1) is 12.8 Å². The second-order valence-electron chi connectivity index (χ2n) is 10.3. The number of rotatable bonds is 6. The van der Waals surface area contributed by atoms with Gasteiger partial charge in [-0.3, -0.25) is 9.88 Å². The summed E-state index contributed by atoms with van der Waals surface area (Å²) in [6.07, 6.45) is 4.31. The van der Waals surface area contributed by atoms with Crippen LogP contribution in [0.1, 0.15) is 66.6 Å². The maximum absolute atomic E-state index is 5.18. The number of methoxy groups -OCH3 is 1. The maximum Gasteiger partial charge on any atom is 0.212 e. The highest BCUT2D eigenvalue weighted by Crippen LogP contribution is 2.38. The summed E-state index contributed by atoms with van der Waals surface area (Å²) in [7, 11) is 1.66. The average Bonchev–Trinajstić information content (AvgIpc) is 3.24. The summed E-state index contributed by atoms with van der Waals surface area (Å²) in [5.74, 6) is 1.71. The van der Waals surface area contributed by atoms with Gasteiger partial charge in [0.1, 0.15) is 0 Å². The van der Waals surface area contributed by atoms with Crippen LogP contribution in [0.3, 0.4) is 0 Å². The van der Waals surface area contributed by atoms with Gasteiger partial charge in [-0.15, -0.1) is 0 Å². The summed E-state index contributed by atoms with van der Waals surface area (Å²) in [5, 5.41) is 1.37. The van der Waals surface area contributed by atoms with Crippen LogP contribution >= 0.6 is 0 Å². The maximum atomic E-state index is 5.18. The van der Waals surface area contributed by atoms with Crippen LogP contribution in [0, 0.1) is 13.8 Å². The number of aromatic amines is 1. The molecule has 0 bridgehead atoms. The lowest BCUT2D eigenvalue weighted by atomic mass is 9.87. The van der Waals surface area contributed by atoms with Gasteiger partial charge in [-0.1, -0.05) is 26.0 Å². The number of pyridine rings is 2. The van der Waals surface area contributed by atoms with E-state index in [2.05, 4.69) is 83.9 Å². The molecule has 1 saturated heterocycles. The molecule has 0 unspecified atom stereocenters. The SMILES string of the molecule is COc1ccc(CN2CCC(c3ccc4[nH]c(-c5cc(C)nc(C)c5)c(C(C)C)c4c3)CC2)cn1. The highest BCUT2D eigenvalue weighted by molar-refractivity contribution is 5.92. The molecule has 5 rings (SSSR count). The van der Waals surface area contributed by atoms with Crippen molar-refractivity contribution in [2.75, 3.05) is 20.2 Å². The van der Waals surface area contributed by atoms with E-state index in [-0.39, 0.29) is 0 Å². The van der Waals surface area contributed by atoms with Crippen molar-refractivity contribution in [1.82, 2.24) is 19.9 Å². The molecule has 182 valence electrons. The molecule has 4 heterocycles. The number of ether oxygens (including phenoxy) is 1. The third-order valence-electron chi connectivity index (χ3n) is 7.28. The molecule has 35 heavy (non-hydrogen) atoms. The normalized spacial score (nSPS) is 15.3. The monoisotopic (exact) mass is 468 g/mol. The van der Waals surface area contributed by atoms with Gasteiger partial charge < -0.3 is 9.72 Å². The van der Waals surface area contributed by atoms with Gasteiger partial charge in [-0.25, -0.2) is 4.98 Å². The topological polar surface area (TPSA) is 54.0 Å². The molecule has 5 heteroatoms. The summed E-state index contributed by atoms with van der Waals surface area (Å²) >= 11 is 0. The molecule has 0 radical (unpaired) electrons. The summed E-state index contributed by atoms with van der Waals surface area (Å²) in [6.45, 7) is 11.9. The third-order valence-corrected chi connectivity index (χ3v) is 7.28. The highest BCUT2D eigenvalue weighted by Gasteiger charge is 2.23. The van der Waals surface area contributed by atoms with Gasteiger partial charge in [-0.2, -0.15) is 0 Å². The number of nitrogens with zero attached hydrogens (tertiary/aromatic N) is 3. The fourth-order valence-electron chi connectivity index (χ4n) is 5.60. The summed E-state index contributed by atoms with van der Waals surface area (Å²) in [5.41, 5.74) is 9.95. The van der Waals surface area contributed by atoms with E-state index in [1.165, 1.54) is 51.7 Å². The lowest BCUT2D eigenvalue weighted by Gasteiger charge is -2.32. The Balaban J connectivity index is 1.36. The van der Waals surface area contributed by atoms with Crippen LogP contribution < -0.4 is 4.74 Å². The second-order valence-corrected chi connectivity index (χ2v) is 10.3. The van der Waals surface area contributed by atoms with Crippen molar-refractivity contribution in [3.8, 4) is 17.1 Å². The molecule has 1 N–H and O–H groups in total. The first kappa shape index (κ1) is 23.6. The molecule has 5 nitrogen and oxygen atoms in total. The molecular formula is C30H36N4O. The minimum absolute atomic E-state index is 0.433. The van der Waals surface area contributed by atoms with E-state index >= 15 is 0 Å². The number of hydrogen-bond acceptors (Lipinski definition) is 4. The number of aryl methyl sites for hydroxylation is 2. The standard InChI is InChI=1S/C30H36N4O/c1-19(2)29-26-16-24(7-8-27(26)33-30(29)25-14-20(3)32-21(4)15-25)23-10-12-34(13-11-23)18-22-6-9-28(35-5)31-17-22/h6-9,14-17,19,23,33H,10-13,18H2,1-5H3. The molecule has 1 aromatic carbocycles. The van der Waals surface area contributed by atoms with Crippen LogP contribution in [0.25, 0.3) is 22.2 Å². The first-order valence-corrected chi connectivity index (χ1v) is 12.7. The molecule has 1 aliphatic heterocycles. The predicted octanol–water partition coefficient (Wildman–Crippen LogP) is 6.75. The van der Waals surface area contributed by atoms with Crippen LogP contribution in [0.2, 0.25) is 0 Å². The number of benzene rings is 1. The van der Waals surface area contributed by atoms with Crippen molar-refractivity contribution >= 4 is 10.9 Å². The van der Waals surface area contributed by atoms with Crippen LogP contribution in [0.15, 0.2) is 48.7 Å². The zero-order valence-corrected chi connectivity index (χ0v) is 21.6. The Labute approximate surface area is 208 Å². The van der Waals surface area contributed by atoms with E-state index in [1.54, 1.807) is 7.11 Å². The molecule has 1 aliphatic rings. The van der Waals surface area contributed by atoms with Crippen LogP contribution in [-0.4, -0.2) is 40.1 Å². The number of hydrogen-bond donors (Lipinski definition) is 1. The van der Waals surface area contributed by atoms with Gasteiger partial charge in [0.2, 0.25) is 5.88 Å². The van der Waals surface area contributed by atoms with E-state index in [0.29, 0.717) is 17.7 Å². The number of nitrogens with one attached hydrogen (secondary N) is 1. The first-order chi connectivity index (χ1) is 16.9. The van der Waals surface area contributed by atoms with Crippen molar-refractivity contribution in [3.05, 3.63) is 76.7 Å². The molecule has 0 spiro atoms. The predicted molar refractivity (Wildman–Crippen MR) is 143 cm³/mol. The van der Waals surface area contributed by atoms with Crippen LogP contribution in [0.4, 0.5) is 0 Å². The number of fused-ring (bicyclic) bond motifs is 1. The van der Waals surface area contributed by atoms with Crippen molar-refractivity contribution in [2.45, 2.75) is 58.9 Å². The average molecular weight is 469 g/mol. The largest absolute Gasteiger partial charge is 0.481 e. The summed E-state index contributed by atoms with van der Waals surface area (Å²) in [4.78, 5) is 15.2. The molecule has 0 saturated carbocycles. The molecule has 0 aliphatic carbocycles. The number of likely N-dealkylation sites (tertiary alicyclic amines) is 1. The Bertz CT molecular complexity index is 1290. The van der Waals surface area contributed by atoms with E-state index in [1.807, 2.05) is 12.3 Å². The smallest absolute Gasteiger partial charge is 0.212 e. The number of aromatic nitrogens is 3. The molecule has 0 atom stereocenters. The lowest BCUT2D eigenvalue weighted by Crippen LogP contribution is -2.32. The van der Waals surface area contributed by atoms with E-state index in [0.717, 1.165) is 31.0 Å². The third kappa shape index (κ3) is 4.96. The minimum Gasteiger partial charge on any atom is -0.481 e. The number of piperidine rings is 1. The fraction of sp³-hybridized carbons (Fsp3) is 0.400. The lowest BCUT2D eigenvalue weighted by molar-refractivity contribution is 0.204. The first-order valence-electron chi connectivity index (χ1n) is 12.7. The Kier molecular flexibility index (Phi) is 6.61. The zero-order chi connectivity index (χ0) is 24.5. The number of H-pyrrole nitrogens is 1. The van der Waals surface area contributed by atoms with Crippen molar-refractivity contribution in [2.24, 2.45) is 0 Å². The van der Waals surface area contributed by atoms with Gasteiger partial charge in [0, 0.05) is 46.7 Å². The van der Waals surface area contributed by atoms with Crippen molar-refractivity contribution in [3.63, 3.8) is 0 Å². The zero-order valence-electron chi connectivity index (χ0n) is 21.6. The van der Waals surface area contributed by atoms with Crippen molar-refractivity contribution in [1.29, 1.82) is 0 Å². The Morgan fingerprint density at radius 2 is 1.77 bits per heavy atom. The Morgan fingerprint density at radius 3 is 2.40 bits per heavy atom. The Morgan fingerprint density at radius 1 is 1.03 bits per heavy atom. The van der Waals surface area contributed by atoms with Gasteiger partial charge in [0.25, 0.3) is 0 Å². The quantitative estimate of drug-likeness (QED) is 0.340. The highest BCUT2D eigenvalue weighted by atomic mass is 16.5. The molecule has 3 aromatic heterocycles. The van der Waals surface area contributed by atoms with Crippen LogP contribution in [0.5, 0.6) is 5.88 Å². The van der Waals surface area contributed by atoms with Gasteiger partial charge >= 0.3 is 0 Å². The molecule has 0 amide bonds. The van der Waals surface area contributed by atoms with E-state index in [4.69, 9.17) is 4.74 Å². The van der Waals surface area contributed by atoms with E-state index in [9.17, 15) is 0 Å². The molecule has 4 aromatic rings. The van der Waals surface area contributed by atoms with Crippen molar-refractivity contribution < 1.29 is 4.74 Å². The Hall–Kier alpha value is -3.18. The summed E-state index contributed by atoms with van der Waals surface area (Å²) in [6, 6.07) is 15.5. The molecular weight excluding hydrogens is 432 g/mol. The van der Waals surface area contributed by atoms with Gasteiger partial charge in [-0.05, 0) is 92.6 Å². The fourth-order valence-corrected chi connectivity index (χ4v) is 5.60. The van der Waals surface area contributed by atoms with E-state index < -0.39 is 0 Å². The second kappa shape index (κ2) is 9.82. The van der Waals surface area contributed by atoms with Crippen LogP contribution in [-0.2, 0) is 6.54 Å². The molecule has 1 fully saturated rings. The minimum atomic E-state index is 0.433.